The second-order valence-corrected chi connectivity index (χ2v) is 19.2. The molecule has 0 bridgehead atoms. The fourth-order valence-electron chi connectivity index (χ4n) is 9.74. The van der Waals surface area contributed by atoms with Gasteiger partial charge in [-0.2, -0.15) is 0 Å². The summed E-state index contributed by atoms with van der Waals surface area (Å²) in [6.07, 6.45) is 7.43. The Labute approximate surface area is 359 Å². The molecule has 0 spiro atoms. The van der Waals surface area contributed by atoms with E-state index in [0.29, 0.717) is 11.1 Å². The summed E-state index contributed by atoms with van der Waals surface area (Å²) in [5, 5.41) is 37.5. The molecule has 2 aliphatic rings. The molecule has 4 aromatic carbocycles. The highest BCUT2D eigenvalue weighted by Crippen LogP contribution is 2.55. The molecule has 8 nitrogen and oxygen atoms in total. The van der Waals surface area contributed by atoms with Gasteiger partial charge in [0.05, 0.1) is 0 Å². The molecule has 0 saturated heterocycles. The molecule has 2 aliphatic carbocycles. The molecule has 4 aromatic rings. The zero-order valence-corrected chi connectivity index (χ0v) is 36.6. The minimum Gasteiger partial charge on any atom is -0.481 e. The van der Waals surface area contributed by atoms with Gasteiger partial charge in [-0.1, -0.05) is 134 Å². The molecule has 318 valence electrons. The Morgan fingerprint density at radius 2 is 0.967 bits per heavy atom. The Balaban J connectivity index is 1.34. The quantitative estimate of drug-likeness (QED) is 0.0725. The van der Waals surface area contributed by atoms with Gasteiger partial charge in [0.1, 0.15) is 0 Å². The number of carboxylic acids is 4. The molecule has 0 radical (unpaired) electrons. The summed E-state index contributed by atoms with van der Waals surface area (Å²) in [5.41, 5.74) is 13.4. The summed E-state index contributed by atoms with van der Waals surface area (Å²) in [6, 6.07) is 24.0. The first-order valence-corrected chi connectivity index (χ1v) is 20.9. The maximum atomic E-state index is 11.5. The highest BCUT2D eigenvalue weighted by Gasteiger charge is 2.46. The first kappa shape index (κ1) is 44.5. The Morgan fingerprint density at radius 1 is 0.557 bits per heavy atom. The van der Waals surface area contributed by atoms with Crippen molar-refractivity contribution in [3.63, 3.8) is 0 Å². The van der Waals surface area contributed by atoms with Crippen LogP contribution in [0, 0.1) is 25.7 Å². The van der Waals surface area contributed by atoms with Crippen LogP contribution in [-0.4, -0.2) is 44.3 Å². The van der Waals surface area contributed by atoms with Gasteiger partial charge in [-0.05, 0) is 141 Å². The number of benzene rings is 4. The molecule has 0 heterocycles. The normalized spacial score (nSPS) is 19.8. The Kier molecular flexibility index (Phi) is 11.8. The van der Waals surface area contributed by atoms with Gasteiger partial charge in [0.2, 0.25) is 0 Å². The molecule has 0 aromatic heterocycles. The zero-order chi connectivity index (χ0) is 45.0. The average molecular weight is 823 g/mol. The van der Waals surface area contributed by atoms with Crippen LogP contribution >= 0.6 is 0 Å². The molecule has 0 aliphatic heterocycles. The van der Waals surface area contributed by atoms with Gasteiger partial charge < -0.3 is 20.4 Å². The molecule has 0 fully saturated rings. The molecule has 61 heavy (non-hydrogen) atoms. The summed E-state index contributed by atoms with van der Waals surface area (Å²) in [5.74, 6) is -8.46. The van der Waals surface area contributed by atoms with E-state index in [1.165, 1.54) is 22.3 Å². The van der Waals surface area contributed by atoms with Gasteiger partial charge in [0, 0.05) is 10.8 Å². The number of hydrogen-bond acceptors (Lipinski definition) is 4. The Morgan fingerprint density at radius 3 is 1.39 bits per heavy atom. The van der Waals surface area contributed by atoms with E-state index in [2.05, 4.69) is 105 Å². The van der Waals surface area contributed by atoms with Gasteiger partial charge in [0.25, 0.3) is 0 Å². The fourth-order valence-corrected chi connectivity index (χ4v) is 9.74. The lowest BCUT2D eigenvalue weighted by Gasteiger charge is -2.49. The second kappa shape index (κ2) is 16.1. The number of aliphatic carboxylic acids is 4. The topological polar surface area (TPSA) is 149 Å². The van der Waals surface area contributed by atoms with E-state index in [1.54, 1.807) is 24.3 Å². The van der Waals surface area contributed by atoms with Crippen LogP contribution in [0.1, 0.15) is 128 Å². The monoisotopic (exact) mass is 822 g/mol. The van der Waals surface area contributed by atoms with Crippen LogP contribution < -0.4 is 0 Å². The first-order chi connectivity index (χ1) is 28.4. The Hall–Kier alpha value is -6.02. The third kappa shape index (κ3) is 8.63. The molecule has 0 saturated carbocycles. The standard InChI is InChI=1S/C53H58O8/c1-30-23-42-45(28-39(30)33(4)37-17-13-35(14-18-37)26-41(48(58)59)49(60)61)53(10,22-19-50(42,5)6)29-52(9)21-20-51(7,8)43-27-38(31(2)24-44(43)52)32(3)36-15-11-34(12-16-36)25-40(46(54)55)47(56)57/h11-19,22-24,27-28,40-41H,3-4,20-21,25-26,29H2,1-2,5-10H3,(H,54,55)(H,56,57)(H,58,59)(H,60,61). The summed E-state index contributed by atoms with van der Waals surface area (Å²) in [7, 11) is 0. The lowest BCUT2D eigenvalue weighted by Crippen LogP contribution is -2.42. The lowest BCUT2D eigenvalue weighted by molar-refractivity contribution is -0.156. The van der Waals surface area contributed by atoms with Crippen LogP contribution in [0.25, 0.3) is 11.1 Å². The molecule has 4 N–H and O–H groups in total. The maximum absolute atomic E-state index is 11.5. The largest absolute Gasteiger partial charge is 0.481 e. The maximum Gasteiger partial charge on any atom is 0.318 e. The number of hydrogen-bond donors (Lipinski definition) is 4. The number of allylic oxidation sites excluding steroid dienone is 2. The van der Waals surface area contributed by atoms with Crippen molar-refractivity contribution in [2.24, 2.45) is 11.8 Å². The van der Waals surface area contributed by atoms with Crippen LogP contribution in [0.4, 0.5) is 0 Å². The first-order valence-electron chi connectivity index (χ1n) is 20.9. The number of fused-ring (bicyclic) bond motifs is 2. The summed E-state index contributed by atoms with van der Waals surface area (Å²) in [6.45, 7) is 27.2. The summed E-state index contributed by atoms with van der Waals surface area (Å²) in [4.78, 5) is 46.1. The van der Waals surface area contributed by atoms with Gasteiger partial charge in [-0.25, -0.2) is 0 Å². The van der Waals surface area contributed by atoms with Crippen molar-refractivity contribution in [2.75, 3.05) is 0 Å². The smallest absolute Gasteiger partial charge is 0.318 e. The third-order valence-corrected chi connectivity index (χ3v) is 13.7. The van der Waals surface area contributed by atoms with Crippen molar-refractivity contribution in [3.8, 4) is 0 Å². The van der Waals surface area contributed by atoms with Gasteiger partial charge in [0.15, 0.2) is 11.8 Å². The van der Waals surface area contributed by atoms with E-state index in [1.807, 2.05) is 24.3 Å². The zero-order valence-electron chi connectivity index (χ0n) is 36.6. The molecule has 8 heteroatoms. The average Bonchev–Trinajstić information content (AvgIpc) is 3.19. The highest BCUT2D eigenvalue weighted by atomic mass is 16.4. The van der Waals surface area contributed by atoms with Crippen LogP contribution in [0.2, 0.25) is 0 Å². The summed E-state index contributed by atoms with van der Waals surface area (Å²) < 4.78 is 0. The second-order valence-electron chi connectivity index (χ2n) is 19.2. The number of carbonyl (C=O) groups is 4. The fraction of sp³-hybridized carbons (Fsp3) is 0.358. The number of aryl methyl sites for hydroxylation is 2. The van der Waals surface area contributed by atoms with Gasteiger partial charge in [-0.3, -0.25) is 19.2 Å². The number of rotatable bonds is 14. The van der Waals surface area contributed by atoms with E-state index >= 15 is 0 Å². The minimum atomic E-state index is -1.51. The van der Waals surface area contributed by atoms with Crippen molar-refractivity contribution in [2.45, 2.75) is 109 Å². The van der Waals surface area contributed by atoms with E-state index in [4.69, 9.17) is 0 Å². The summed E-state index contributed by atoms with van der Waals surface area (Å²) >= 11 is 0. The van der Waals surface area contributed by atoms with Gasteiger partial charge >= 0.3 is 23.9 Å². The predicted molar refractivity (Wildman–Crippen MR) is 240 cm³/mol. The molecule has 2 atom stereocenters. The lowest BCUT2D eigenvalue weighted by atomic mass is 9.55. The van der Waals surface area contributed by atoms with Crippen LogP contribution in [0.3, 0.4) is 0 Å². The van der Waals surface area contributed by atoms with Crippen molar-refractivity contribution < 1.29 is 39.6 Å². The van der Waals surface area contributed by atoms with Crippen molar-refractivity contribution in [1.82, 2.24) is 0 Å². The van der Waals surface area contributed by atoms with Gasteiger partial charge in [-0.15, -0.1) is 0 Å². The van der Waals surface area contributed by atoms with Crippen LogP contribution in [0.15, 0.2) is 98.1 Å². The Bertz CT molecular complexity index is 2470. The van der Waals surface area contributed by atoms with Crippen LogP contribution in [0.5, 0.6) is 0 Å². The van der Waals surface area contributed by atoms with E-state index in [0.717, 1.165) is 63.8 Å². The molecular weight excluding hydrogens is 765 g/mol. The SMILES string of the molecule is C=C(c1ccc(CC(C(=O)O)C(=O)O)cc1)c1cc2c(cc1C)C(C)(CC1(C)C=CC(C)(C)c3cc(C)c(C(=C)c4ccc(CC(C(=O)O)C(=O)O)cc4)cc31)CCC2(C)C. The molecule has 0 amide bonds. The van der Waals surface area contributed by atoms with Crippen LogP contribution in [-0.2, 0) is 53.7 Å². The van der Waals surface area contributed by atoms with Crippen molar-refractivity contribution in [3.05, 3.63) is 165 Å². The van der Waals surface area contributed by atoms with E-state index < -0.39 is 35.7 Å². The van der Waals surface area contributed by atoms with E-state index in [-0.39, 0.29) is 34.5 Å². The number of carboxylic acid groups (broad SMARTS) is 4. The van der Waals surface area contributed by atoms with Crippen molar-refractivity contribution >= 4 is 35.0 Å². The molecule has 6 rings (SSSR count). The molecular formula is C53H58O8. The molecule has 2 unspecified atom stereocenters. The minimum absolute atomic E-state index is 0.0902. The van der Waals surface area contributed by atoms with Crippen molar-refractivity contribution in [1.29, 1.82) is 0 Å². The highest BCUT2D eigenvalue weighted by molar-refractivity contribution is 5.94. The van der Waals surface area contributed by atoms with E-state index in [9.17, 15) is 39.6 Å². The third-order valence-electron chi connectivity index (χ3n) is 13.7. The predicted octanol–water partition coefficient (Wildman–Crippen LogP) is 10.6.